The Morgan fingerprint density at radius 2 is 2.39 bits per heavy atom. The van der Waals surface area contributed by atoms with Crippen LogP contribution in [0, 0.1) is 5.92 Å². The van der Waals surface area contributed by atoms with E-state index in [9.17, 15) is 4.79 Å². The third-order valence-corrected chi connectivity index (χ3v) is 4.61. The minimum absolute atomic E-state index is 0.141. The molecule has 1 aromatic carbocycles. The molecule has 124 valence electrons. The van der Waals surface area contributed by atoms with Gasteiger partial charge in [-0.25, -0.2) is 4.98 Å². The van der Waals surface area contributed by atoms with E-state index in [1.54, 1.807) is 0 Å². The summed E-state index contributed by atoms with van der Waals surface area (Å²) in [4.78, 5) is 22.2. The van der Waals surface area contributed by atoms with Crippen molar-refractivity contribution in [1.29, 1.82) is 0 Å². The lowest BCUT2D eigenvalue weighted by Crippen LogP contribution is -2.41. The summed E-state index contributed by atoms with van der Waals surface area (Å²) in [5.41, 5.74) is 1.89. The number of nitrogens with zero attached hydrogens (tertiary/aromatic N) is 2. The zero-order valence-electron chi connectivity index (χ0n) is 13.4. The molecule has 3 rings (SSSR count). The van der Waals surface area contributed by atoms with Gasteiger partial charge >= 0.3 is 0 Å². The normalized spacial score (nSPS) is 19.1. The van der Waals surface area contributed by atoms with Crippen LogP contribution >= 0.6 is 11.6 Å². The molecule has 6 heteroatoms. The van der Waals surface area contributed by atoms with E-state index in [1.807, 2.05) is 18.2 Å². The number of H-pyrrole nitrogens is 1. The quantitative estimate of drug-likeness (QED) is 0.826. The number of nitrogens with one attached hydrogen (secondary N) is 2. The molecule has 2 aromatic rings. The van der Waals surface area contributed by atoms with Crippen LogP contribution in [0.15, 0.2) is 18.2 Å². The van der Waals surface area contributed by atoms with Crippen LogP contribution in [0.5, 0.6) is 0 Å². The van der Waals surface area contributed by atoms with E-state index in [4.69, 9.17) is 11.6 Å². The molecule has 0 aliphatic carbocycles. The first-order chi connectivity index (χ1) is 11.1. The van der Waals surface area contributed by atoms with Crippen LogP contribution in [-0.2, 0) is 11.2 Å². The highest BCUT2D eigenvalue weighted by Crippen LogP contribution is 2.18. The molecule has 0 saturated carbocycles. The van der Waals surface area contributed by atoms with Crippen molar-refractivity contribution in [3.05, 3.63) is 29.0 Å². The van der Waals surface area contributed by atoms with E-state index in [2.05, 4.69) is 27.2 Å². The second kappa shape index (κ2) is 7.32. The van der Waals surface area contributed by atoms with Crippen LogP contribution in [0.3, 0.4) is 0 Å². The fourth-order valence-corrected chi connectivity index (χ4v) is 3.32. The summed E-state index contributed by atoms with van der Waals surface area (Å²) in [6, 6.07) is 5.64. The van der Waals surface area contributed by atoms with Crippen molar-refractivity contribution >= 4 is 28.5 Å². The highest BCUT2D eigenvalue weighted by atomic mass is 35.5. The maximum Gasteiger partial charge on any atom is 0.224 e. The molecule has 1 fully saturated rings. The van der Waals surface area contributed by atoms with Gasteiger partial charge in [0, 0.05) is 24.5 Å². The number of benzene rings is 1. The van der Waals surface area contributed by atoms with Crippen LogP contribution < -0.4 is 5.32 Å². The molecular formula is C17H23ClN4O. The minimum Gasteiger partial charge on any atom is -0.356 e. The zero-order valence-corrected chi connectivity index (χ0v) is 14.2. The molecule has 1 aliphatic heterocycles. The monoisotopic (exact) mass is 334 g/mol. The molecule has 1 aliphatic rings. The van der Waals surface area contributed by atoms with Gasteiger partial charge in [0.25, 0.3) is 0 Å². The third-order valence-electron chi connectivity index (χ3n) is 4.38. The topological polar surface area (TPSA) is 61.0 Å². The molecule has 23 heavy (non-hydrogen) atoms. The van der Waals surface area contributed by atoms with Gasteiger partial charge in [0.15, 0.2) is 0 Å². The van der Waals surface area contributed by atoms with Crippen molar-refractivity contribution in [3.63, 3.8) is 0 Å². The number of hydrogen-bond donors (Lipinski definition) is 2. The van der Waals surface area contributed by atoms with Gasteiger partial charge in [-0.2, -0.15) is 0 Å². The zero-order chi connectivity index (χ0) is 16.2. The van der Waals surface area contributed by atoms with Crippen molar-refractivity contribution in [2.45, 2.75) is 25.7 Å². The summed E-state index contributed by atoms with van der Waals surface area (Å²) >= 11 is 5.97. The Labute approximate surface area is 141 Å². The molecule has 2 heterocycles. The number of carbonyl (C=O) groups excluding carboxylic acids is 1. The van der Waals surface area contributed by atoms with Crippen LogP contribution in [0.25, 0.3) is 11.0 Å². The lowest BCUT2D eigenvalue weighted by atomic mass is 9.97. The molecule has 5 nitrogen and oxygen atoms in total. The number of carbonyl (C=O) groups is 1. The molecule has 2 N–H and O–H groups in total. The average Bonchev–Trinajstić information content (AvgIpc) is 2.93. The summed E-state index contributed by atoms with van der Waals surface area (Å²) in [5, 5.41) is 3.76. The Balaban J connectivity index is 1.44. The summed E-state index contributed by atoms with van der Waals surface area (Å²) in [6.45, 7) is 2.66. The van der Waals surface area contributed by atoms with E-state index in [-0.39, 0.29) is 11.8 Å². The van der Waals surface area contributed by atoms with Gasteiger partial charge in [-0.05, 0) is 51.1 Å². The fraction of sp³-hybridized carbons (Fsp3) is 0.529. The highest BCUT2D eigenvalue weighted by molar-refractivity contribution is 6.31. The number of aromatic nitrogens is 2. The van der Waals surface area contributed by atoms with Gasteiger partial charge in [0.1, 0.15) is 5.82 Å². The molecule has 0 unspecified atom stereocenters. The van der Waals surface area contributed by atoms with Gasteiger partial charge in [-0.1, -0.05) is 11.6 Å². The smallest absolute Gasteiger partial charge is 0.224 e. The molecule has 1 aromatic heterocycles. The number of likely N-dealkylation sites (tertiary alicyclic amines) is 1. The number of piperidine rings is 1. The van der Waals surface area contributed by atoms with E-state index in [0.717, 1.165) is 55.6 Å². The van der Waals surface area contributed by atoms with Gasteiger partial charge < -0.3 is 15.2 Å². The Morgan fingerprint density at radius 3 is 3.22 bits per heavy atom. The maximum absolute atomic E-state index is 12.2. The SMILES string of the molecule is CN1CCC[C@H](C(=O)NCCCc2nc3ccc(Cl)cc3[nH]2)C1. The number of aromatic amines is 1. The highest BCUT2D eigenvalue weighted by Gasteiger charge is 2.23. The Hall–Kier alpha value is -1.59. The molecule has 0 bridgehead atoms. The first-order valence-electron chi connectivity index (χ1n) is 8.22. The summed E-state index contributed by atoms with van der Waals surface area (Å²) in [5.74, 6) is 1.27. The van der Waals surface area contributed by atoms with E-state index in [1.165, 1.54) is 0 Å². The number of amides is 1. The van der Waals surface area contributed by atoms with E-state index in [0.29, 0.717) is 11.6 Å². The number of hydrogen-bond acceptors (Lipinski definition) is 3. The largest absolute Gasteiger partial charge is 0.356 e. The molecular weight excluding hydrogens is 312 g/mol. The summed E-state index contributed by atoms with van der Waals surface area (Å²) in [6.07, 6.45) is 3.80. The second-order valence-corrected chi connectivity index (χ2v) is 6.78. The van der Waals surface area contributed by atoms with Gasteiger partial charge in [-0.3, -0.25) is 4.79 Å². The lowest BCUT2D eigenvalue weighted by molar-refractivity contribution is -0.126. The fourth-order valence-electron chi connectivity index (χ4n) is 3.15. The van der Waals surface area contributed by atoms with E-state index >= 15 is 0 Å². The van der Waals surface area contributed by atoms with Crippen molar-refractivity contribution in [1.82, 2.24) is 20.2 Å². The number of halogens is 1. The van der Waals surface area contributed by atoms with Gasteiger partial charge in [-0.15, -0.1) is 0 Å². The van der Waals surface area contributed by atoms with Crippen LogP contribution in [0.4, 0.5) is 0 Å². The van der Waals surface area contributed by atoms with E-state index < -0.39 is 0 Å². The van der Waals surface area contributed by atoms with Gasteiger partial charge in [0.05, 0.1) is 17.0 Å². The second-order valence-electron chi connectivity index (χ2n) is 6.34. The van der Waals surface area contributed by atoms with Crippen molar-refractivity contribution in [2.75, 3.05) is 26.7 Å². The number of fused-ring (bicyclic) bond motifs is 1. The Bertz CT molecular complexity index is 684. The lowest BCUT2D eigenvalue weighted by Gasteiger charge is -2.28. The Morgan fingerprint density at radius 1 is 1.52 bits per heavy atom. The first kappa shape index (κ1) is 16.3. The van der Waals surface area contributed by atoms with Crippen molar-refractivity contribution in [3.8, 4) is 0 Å². The number of rotatable bonds is 5. The van der Waals surface area contributed by atoms with Crippen LogP contribution in [0.2, 0.25) is 5.02 Å². The standard InChI is InChI=1S/C17H23ClN4O/c1-22-9-3-4-12(11-22)17(23)19-8-2-5-16-20-14-7-6-13(18)10-15(14)21-16/h6-7,10,12H,2-5,8-9,11H2,1H3,(H,19,23)(H,20,21)/t12-/m0/s1. The number of aryl methyl sites for hydroxylation is 1. The van der Waals surface area contributed by atoms with Crippen LogP contribution in [0.1, 0.15) is 25.1 Å². The molecule has 1 saturated heterocycles. The predicted molar refractivity (Wildman–Crippen MR) is 92.7 cm³/mol. The minimum atomic E-state index is 0.141. The predicted octanol–water partition coefficient (Wildman–Crippen LogP) is 2.61. The molecule has 1 amide bonds. The maximum atomic E-state index is 12.2. The molecule has 1 atom stereocenters. The van der Waals surface area contributed by atoms with Crippen LogP contribution in [-0.4, -0.2) is 47.5 Å². The summed E-state index contributed by atoms with van der Waals surface area (Å²) in [7, 11) is 2.08. The first-order valence-corrected chi connectivity index (χ1v) is 8.60. The summed E-state index contributed by atoms with van der Waals surface area (Å²) < 4.78 is 0. The Kier molecular flexibility index (Phi) is 5.18. The van der Waals surface area contributed by atoms with Crippen molar-refractivity contribution < 1.29 is 4.79 Å². The molecule has 0 spiro atoms. The average molecular weight is 335 g/mol. The van der Waals surface area contributed by atoms with Crippen molar-refractivity contribution in [2.24, 2.45) is 5.92 Å². The number of imidazole rings is 1. The molecule has 0 radical (unpaired) electrons. The van der Waals surface area contributed by atoms with Gasteiger partial charge in [0.2, 0.25) is 5.91 Å². The third kappa shape index (κ3) is 4.24.